The van der Waals surface area contributed by atoms with Gasteiger partial charge >= 0.3 is 0 Å². The number of ether oxygens (including phenoxy) is 1. The van der Waals surface area contributed by atoms with Crippen molar-refractivity contribution in [2.75, 3.05) is 6.61 Å². The molecule has 0 aromatic heterocycles. The first kappa shape index (κ1) is 17.9. The van der Waals surface area contributed by atoms with E-state index in [0.29, 0.717) is 12.8 Å². The molecule has 0 aromatic rings. The van der Waals surface area contributed by atoms with Gasteiger partial charge in [-0.15, -0.1) is 0 Å². The zero-order chi connectivity index (χ0) is 15.7. The number of hydrogen-bond donors (Lipinski definition) is 3. The Hall–Kier alpha value is -0.160. The zero-order valence-corrected chi connectivity index (χ0v) is 13.8. The van der Waals surface area contributed by atoms with E-state index in [2.05, 4.69) is 41.5 Å². The second-order valence-corrected chi connectivity index (χ2v) is 8.57. The third-order valence-corrected chi connectivity index (χ3v) is 3.84. The molecule has 1 aliphatic heterocycles. The molecule has 20 heavy (non-hydrogen) atoms. The zero-order valence-electron chi connectivity index (χ0n) is 13.8. The Kier molecular flexibility index (Phi) is 5.64. The molecule has 5 atom stereocenters. The topological polar surface area (TPSA) is 69.9 Å². The normalized spacial score (nSPS) is 36.1. The predicted octanol–water partition coefficient (Wildman–Crippen LogP) is 1.96. The lowest BCUT2D eigenvalue weighted by Gasteiger charge is -2.45. The highest BCUT2D eigenvalue weighted by Crippen LogP contribution is 2.38. The minimum Gasteiger partial charge on any atom is -0.394 e. The van der Waals surface area contributed by atoms with E-state index in [1.165, 1.54) is 0 Å². The molecular formula is C16H32O4. The lowest BCUT2D eigenvalue weighted by molar-refractivity contribution is -0.219. The van der Waals surface area contributed by atoms with Crippen molar-refractivity contribution >= 4 is 0 Å². The van der Waals surface area contributed by atoms with Crippen LogP contribution >= 0.6 is 0 Å². The third-order valence-electron chi connectivity index (χ3n) is 3.84. The fraction of sp³-hybridized carbons (Fsp3) is 1.00. The molecule has 0 aliphatic carbocycles. The molecule has 0 spiro atoms. The van der Waals surface area contributed by atoms with Crippen LogP contribution in [0.4, 0.5) is 0 Å². The molecule has 2 unspecified atom stereocenters. The number of aliphatic hydroxyl groups is 3. The summed E-state index contributed by atoms with van der Waals surface area (Å²) < 4.78 is 5.89. The fourth-order valence-electron chi connectivity index (χ4n) is 3.01. The molecule has 4 heteroatoms. The van der Waals surface area contributed by atoms with Crippen LogP contribution in [-0.2, 0) is 4.74 Å². The van der Waals surface area contributed by atoms with Gasteiger partial charge in [0, 0.05) is 5.92 Å². The molecule has 4 nitrogen and oxygen atoms in total. The second-order valence-electron chi connectivity index (χ2n) is 8.57. The maximum atomic E-state index is 10.4. The number of hydrogen-bond acceptors (Lipinski definition) is 4. The summed E-state index contributed by atoms with van der Waals surface area (Å²) >= 11 is 0. The van der Waals surface area contributed by atoms with E-state index in [1.54, 1.807) is 0 Å². The molecular weight excluding hydrogens is 256 g/mol. The highest BCUT2D eigenvalue weighted by Gasteiger charge is 2.45. The molecule has 1 rings (SSSR count). The van der Waals surface area contributed by atoms with Crippen molar-refractivity contribution in [1.82, 2.24) is 0 Å². The lowest BCUT2D eigenvalue weighted by Crippen LogP contribution is -2.56. The van der Waals surface area contributed by atoms with E-state index in [9.17, 15) is 15.3 Å². The summed E-state index contributed by atoms with van der Waals surface area (Å²) in [6.07, 6.45) is -1.18. The van der Waals surface area contributed by atoms with Gasteiger partial charge in [0.05, 0.1) is 24.9 Å². The van der Waals surface area contributed by atoms with E-state index < -0.39 is 24.4 Å². The van der Waals surface area contributed by atoms with Crippen LogP contribution in [0.2, 0.25) is 0 Å². The van der Waals surface area contributed by atoms with Crippen molar-refractivity contribution in [2.24, 2.45) is 16.7 Å². The van der Waals surface area contributed by atoms with Crippen LogP contribution in [0.5, 0.6) is 0 Å². The average molecular weight is 288 g/mol. The predicted molar refractivity (Wildman–Crippen MR) is 79.4 cm³/mol. The SMILES string of the molecule is CC(C)(C)C[C@@H]1C(CO)O[C@H](CC(C)(C)C)C(O)[C@@H]1O. The Morgan fingerprint density at radius 2 is 1.30 bits per heavy atom. The van der Waals surface area contributed by atoms with Crippen LogP contribution < -0.4 is 0 Å². The van der Waals surface area contributed by atoms with Gasteiger partial charge in [-0.1, -0.05) is 41.5 Å². The summed E-state index contributed by atoms with van der Waals surface area (Å²) in [5.74, 6) is -0.230. The van der Waals surface area contributed by atoms with E-state index >= 15 is 0 Å². The van der Waals surface area contributed by atoms with Crippen LogP contribution in [0, 0.1) is 16.7 Å². The summed E-state index contributed by atoms with van der Waals surface area (Å²) in [6.45, 7) is 12.4. The van der Waals surface area contributed by atoms with Gasteiger partial charge in [-0.2, -0.15) is 0 Å². The van der Waals surface area contributed by atoms with E-state index in [-0.39, 0.29) is 23.4 Å². The van der Waals surface area contributed by atoms with Gasteiger partial charge in [0.15, 0.2) is 0 Å². The smallest absolute Gasteiger partial charge is 0.106 e. The molecule has 0 amide bonds. The third kappa shape index (κ3) is 4.99. The number of aliphatic hydroxyl groups excluding tert-OH is 3. The molecule has 1 aliphatic rings. The highest BCUT2D eigenvalue weighted by atomic mass is 16.5. The average Bonchev–Trinajstić information content (AvgIpc) is 2.25. The minimum atomic E-state index is -0.885. The van der Waals surface area contributed by atoms with Crippen molar-refractivity contribution in [2.45, 2.75) is 78.8 Å². The second kappa shape index (κ2) is 6.30. The van der Waals surface area contributed by atoms with Crippen molar-refractivity contribution in [3.05, 3.63) is 0 Å². The lowest BCUT2D eigenvalue weighted by atomic mass is 9.74. The van der Waals surface area contributed by atoms with Gasteiger partial charge in [0.2, 0.25) is 0 Å². The van der Waals surface area contributed by atoms with Gasteiger partial charge in [-0.3, -0.25) is 0 Å². The Bertz CT molecular complexity index is 301. The summed E-state index contributed by atoms with van der Waals surface area (Å²) in [5.41, 5.74) is 0.0151. The molecule has 1 fully saturated rings. The first-order chi connectivity index (χ1) is 8.94. The fourth-order valence-corrected chi connectivity index (χ4v) is 3.01. The van der Waals surface area contributed by atoms with Gasteiger partial charge in [0.25, 0.3) is 0 Å². The largest absolute Gasteiger partial charge is 0.394 e. The van der Waals surface area contributed by atoms with Crippen LogP contribution in [-0.4, -0.2) is 46.3 Å². The molecule has 1 heterocycles. The summed E-state index contributed by atoms with van der Waals surface area (Å²) in [7, 11) is 0. The standard InChI is InChI=1S/C16H32O4/c1-15(2,3)7-10-12(9-17)20-11(8-16(4,5)6)14(19)13(10)18/h10-14,17-19H,7-9H2,1-6H3/t10-,11-,12?,13-,14?/m1/s1. The van der Waals surface area contributed by atoms with Gasteiger partial charge < -0.3 is 20.1 Å². The van der Waals surface area contributed by atoms with Crippen molar-refractivity contribution in [1.29, 1.82) is 0 Å². The monoisotopic (exact) mass is 288 g/mol. The molecule has 0 aromatic carbocycles. The van der Waals surface area contributed by atoms with E-state index in [4.69, 9.17) is 4.74 Å². The van der Waals surface area contributed by atoms with Crippen molar-refractivity contribution in [3.8, 4) is 0 Å². The molecule has 0 saturated carbocycles. The maximum absolute atomic E-state index is 10.4. The van der Waals surface area contributed by atoms with E-state index in [1.807, 2.05) is 0 Å². The molecule has 3 N–H and O–H groups in total. The van der Waals surface area contributed by atoms with Crippen molar-refractivity contribution in [3.63, 3.8) is 0 Å². The minimum absolute atomic E-state index is 0.00222. The van der Waals surface area contributed by atoms with Gasteiger partial charge in [-0.25, -0.2) is 0 Å². The van der Waals surface area contributed by atoms with E-state index in [0.717, 1.165) is 0 Å². The van der Waals surface area contributed by atoms with Crippen molar-refractivity contribution < 1.29 is 20.1 Å². The van der Waals surface area contributed by atoms with Crippen LogP contribution in [0.3, 0.4) is 0 Å². The molecule has 0 bridgehead atoms. The van der Waals surface area contributed by atoms with Gasteiger partial charge in [-0.05, 0) is 23.7 Å². The highest BCUT2D eigenvalue weighted by molar-refractivity contribution is 4.94. The molecule has 120 valence electrons. The van der Waals surface area contributed by atoms with Crippen LogP contribution in [0.1, 0.15) is 54.4 Å². The molecule has 1 saturated heterocycles. The Morgan fingerprint density at radius 3 is 1.70 bits per heavy atom. The summed E-state index contributed by atoms with van der Waals surface area (Å²) in [5, 5.41) is 30.3. The summed E-state index contributed by atoms with van der Waals surface area (Å²) in [4.78, 5) is 0. The Balaban J connectivity index is 2.84. The molecule has 0 radical (unpaired) electrons. The number of rotatable bonds is 3. The Labute approximate surface area is 123 Å². The van der Waals surface area contributed by atoms with Crippen LogP contribution in [0.15, 0.2) is 0 Å². The Morgan fingerprint density at radius 1 is 0.800 bits per heavy atom. The maximum Gasteiger partial charge on any atom is 0.106 e. The first-order valence-electron chi connectivity index (χ1n) is 7.57. The summed E-state index contributed by atoms with van der Waals surface area (Å²) in [6, 6.07) is 0. The quantitative estimate of drug-likeness (QED) is 0.742. The van der Waals surface area contributed by atoms with Crippen LogP contribution in [0.25, 0.3) is 0 Å². The van der Waals surface area contributed by atoms with Gasteiger partial charge in [0.1, 0.15) is 6.10 Å². The first-order valence-corrected chi connectivity index (χ1v) is 7.57.